The summed E-state index contributed by atoms with van der Waals surface area (Å²) in [4.78, 5) is 14.8. The Balaban J connectivity index is 1.76. The highest BCUT2D eigenvalue weighted by molar-refractivity contribution is 6.10. The number of benzene rings is 2. The van der Waals surface area contributed by atoms with Crippen LogP contribution in [0.4, 0.5) is 0 Å². The van der Waals surface area contributed by atoms with Crippen LogP contribution < -0.4 is 0 Å². The quantitative estimate of drug-likeness (QED) is 0.721. The van der Waals surface area contributed by atoms with Crippen molar-refractivity contribution in [2.24, 2.45) is 0 Å². The molecule has 0 saturated heterocycles. The molecule has 0 bridgehead atoms. The molecule has 1 aliphatic rings. The molecule has 2 nitrogen and oxygen atoms in total. The van der Waals surface area contributed by atoms with E-state index >= 15 is 0 Å². The van der Waals surface area contributed by atoms with E-state index in [1.54, 1.807) is 0 Å². The third kappa shape index (κ3) is 1.91. The molecule has 1 aliphatic carbocycles. The summed E-state index contributed by atoms with van der Waals surface area (Å²) in [6.45, 7) is 0. The second-order valence-corrected chi connectivity index (χ2v) is 5.51. The minimum Gasteiger partial charge on any atom is -0.361 e. The van der Waals surface area contributed by atoms with Crippen LogP contribution in [0, 0.1) is 0 Å². The molecule has 4 rings (SSSR count). The first-order chi connectivity index (χ1) is 10.4. The van der Waals surface area contributed by atoms with Crippen LogP contribution in [0.1, 0.15) is 16.7 Å². The first-order valence-electron chi connectivity index (χ1n) is 7.17. The van der Waals surface area contributed by atoms with Crippen LogP contribution in [0.2, 0.25) is 0 Å². The third-order valence-electron chi connectivity index (χ3n) is 4.29. The Labute approximate surface area is 123 Å². The van der Waals surface area contributed by atoms with Crippen LogP contribution in [0.15, 0.2) is 60.3 Å². The Morgan fingerprint density at radius 2 is 1.86 bits per heavy atom. The van der Waals surface area contributed by atoms with Gasteiger partial charge in [0, 0.05) is 22.7 Å². The number of allylic oxidation sites excluding steroid dienone is 2. The van der Waals surface area contributed by atoms with Gasteiger partial charge in [0.1, 0.15) is 0 Å². The summed E-state index contributed by atoms with van der Waals surface area (Å²) >= 11 is 0. The molecule has 0 fully saturated rings. The number of aldehydes is 1. The molecule has 1 aromatic heterocycles. The molecule has 0 unspecified atom stereocenters. The summed E-state index contributed by atoms with van der Waals surface area (Å²) in [5.74, 6) is 0. The highest BCUT2D eigenvalue weighted by Gasteiger charge is 2.21. The molecule has 21 heavy (non-hydrogen) atoms. The maximum absolute atomic E-state index is 11.5. The number of carbonyl (C=O) groups is 1. The number of aromatic amines is 1. The Hall–Kier alpha value is -2.61. The predicted molar refractivity (Wildman–Crippen MR) is 85.1 cm³/mol. The van der Waals surface area contributed by atoms with Crippen molar-refractivity contribution in [1.82, 2.24) is 4.98 Å². The second-order valence-electron chi connectivity index (χ2n) is 5.51. The van der Waals surface area contributed by atoms with Gasteiger partial charge in [0.15, 0.2) is 6.29 Å². The number of fused-ring (bicyclic) bond motifs is 2. The molecular formula is C19H15NO. The van der Waals surface area contributed by atoms with Gasteiger partial charge >= 0.3 is 0 Å². The van der Waals surface area contributed by atoms with Crippen molar-refractivity contribution in [1.29, 1.82) is 0 Å². The molecule has 1 N–H and O–H groups in total. The van der Waals surface area contributed by atoms with Crippen LogP contribution in [0.25, 0.3) is 16.5 Å². The fraction of sp³-hybridized carbons (Fsp3) is 0.105. The maximum atomic E-state index is 11.5. The smallest absolute Gasteiger partial charge is 0.150 e. The maximum Gasteiger partial charge on any atom is 0.150 e. The molecule has 102 valence electrons. The summed E-state index contributed by atoms with van der Waals surface area (Å²) in [5, 5.41) is 1.24. The van der Waals surface area contributed by atoms with Crippen molar-refractivity contribution in [2.45, 2.75) is 12.8 Å². The van der Waals surface area contributed by atoms with Gasteiger partial charge in [0.25, 0.3) is 0 Å². The summed E-state index contributed by atoms with van der Waals surface area (Å²) in [7, 11) is 0. The van der Waals surface area contributed by atoms with E-state index < -0.39 is 0 Å². The van der Waals surface area contributed by atoms with Gasteiger partial charge in [-0.3, -0.25) is 4.79 Å². The lowest BCUT2D eigenvalue weighted by molar-refractivity contribution is -0.103. The average molecular weight is 273 g/mol. The lowest BCUT2D eigenvalue weighted by Crippen LogP contribution is -1.92. The van der Waals surface area contributed by atoms with Gasteiger partial charge in [-0.15, -0.1) is 0 Å². The predicted octanol–water partition coefficient (Wildman–Crippen LogP) is 3.92. The molecule has 0 radical (unpaired) electrons. The number of rotatable bonds is 3. The fourth-order valence-electron chi connectivity index (χ4n) is 3.27. The standard InChI is InChI=1S/C19H15NO/c21-12-18-14(9-13-5-1-2-6-16(13)18)10-15-11-20-19-8-4-3-7-17(15)19/h1-8,11-12,20H,9-10H2. The van der Waals surface area contributed by atoms with E-state index in [1.807, 2.05) is 24.3 Å². The van der Waals surface area contributed by atoms with Gasteiger partial charge in [-0.25, -0.2) is 0 Å². The van der Waals surface area contributed by atoms with Crippen LogP contribution in [0.5, 0.6) is 0 Å². The summed E-state index contributed by atoms with van der Waals surface area (Å²) in [5.41, 5.74) is 6.85. The first kappa shape index (κ1) is 12.2. The van der Waals surface area contributed by atoms with Crippen molar-refractivity contribution >= 4 is 22.8 Å². The first-order valence-corrected chi connectivity index (χ1v) is 7.17. The summed E-state index contributed by atoms with van der Waals surface area (Å²) < 4.78 is 0. The van der Waals surface area contributed by atoms with Crippen LogP contribution >= 0.6 is 0 Å². The summed E-state index contributed by atoms with van der Waals surface area (Å²) in [6.07, 6.45) is 4.77. The minimum atomic E-state index is 0.826. The molecule has 0 aliphatic heterocycles. The van der Waals surface area contributed by atoms with Gasteiger partial charge in [-0.1, -0.05) is 48.0 Å². The number of para-hydroxylation sites is 1. The Bertz CT molecular complexity index is 870. The van der Waals surface area contributed by atoms with Crippen LogP contribution in [-0.4, -0.2) is 11.3 Å². The average Bonchev–Trinajstić information content (AvgIpc) is 3.09. The number of aromatic nitrogens is 1. The fourth-order valence-corrected chi connectivity index (χ4v) is 3.27. The van der Waals surface area contributed by atoms with Gasteiger partial charge in [0.05, 0.1) is 0 Å². The van der Waals surface area contributed by atoms with Gasteiger partial charge < -0.3 is 4.98 Å². The molecule has 0 saturated carbocycles. The molecule has 2 aromatic carbocycles. The molecule has 1 heterocycles. The topological polar surface area (TPSA) is 32.9 Å². The van der Waals surface area contributed by atoms with E-state index in [-0.39, 0.29) is 0 Å². The third-order valence-corrected chi connectivity index (χ3v) is 4.29. The lowest BCUT2D eigenvalue weighted by atomic mass is 10.0. The SMILES string of the molecule is O=CC1=C(Cc2c[nH]c3ccccc23)Cc2ccccc21. The van der Waals surface area contributed by atoms with Crippen LogP contribution in [0.3, 0.4) is 0 Å². The van der Waals surface area contributed by atoms with Crippen molar-refractivity contribution < 1.29 is 4.79 Å². The number of hydrogen-bond donors (Lipinski definition) is 1. The van der Waals surface area contributed by atoms with Crippen molar-refractivity contribution in [3.8, 4) is 0 Å². The lowest BCUT2D eigenvalue weighted by Gasteiger charge is -2.02. The van der Waals surface area contributed by atoms with E-state index in [1.165, 1.54) is 22.1 Å². The van der Waals surface area contributed by atoms with E-state index in [9.17, 15) is 4.79 Å². The Morgan fingerprint density at radius 1 is 1.05 bits per heavy atom. The van der Waals surface area contributed by atoms with E-state index in [2.05, 4.69) is 35.4 Å². The molecule has 0 amide bonds. The number of nitrogens with one attached hydrogen (secondary N) is 1. The van der Waals surface area contributed by atoms with Crippen molar-refractivity contribution in [3.05, 3.63) is 77.0 Å². The highest BCUT2D eigenvalue weighted by Crippen LogP contribution is 2.34. The summed E-state index contributed by atoms with van der Waals surface area (Å²) in [6, 6.07) is 16.5. The van der Waals surface area contributed by atoms with Gasteiger partial charge in [-0.2, -0.15) is 0 Å². The van der Waals surface area contributed by atoms with Gasteiger partial charge in [-0.05, 0) is 35.6 Å². The van der Waals surface area contributed by atoms with Crippen LogP contribution in [-0.2, 0) is 17.6 Å². The molecule has 0 spiro atoms. The Kier molecular flexibility index (Phi) is 2.74. The largest absolute Gasteiger partial charge is 0.361 e. The number of carbonyl (C=O) groups excluding carboxylic acids is 1. The monoisotopic (exact) mass is 273 g/mol. The Morgan fingerprint density at radius 3 is 2.76 bits per heavy atom. The zero-order chi connectivity index (χ0) is 14.2. The van der Waals surface area contributed by atoms with Crippen molar-refractivity contribution in [3.63, 3.8) is 0 Å². The molecule has 0 atom stereocenters. The van der Waals surface area contributed by atoms with Gasteiger partial charge in [0.2, 0.25) is 0 Å². The van der Waals surface area contributed by atoms with E-state index in [4.69, 9.17) is 0 Å². The molecule has 3 aromatic rings. The van der Waals surface area contributed by atoms with Crippen molar-refractivity contribution in [2.75, 3.05) is 0 Å². The van der Waals surface area contributed by atoms with E-state index in [0.29, 0.717) is 0 Å². The normalized spacial score (nSPS) is 13.7. The number of H-pyrrole nitrogens is 1. The highest BCUT2D eigenvalue weighted by atomic mass is 16.1. The minimum absolute atomic E-state index is 0.826. The zero-order valence-electron chi connectivity index (χ0n) is 11.6. The second kappa shape index (κ2) is 4.74. The molecular weight excluding hydrogens is 258 g/mol. The number of hydrogen-bond acceptors (Lipinski definition) is 1. The van der Waals surface area contributed by atoms with E-state index in [0.717, 1.165) is 35.8 Å². The zero-order valence-corrected chi connectivity index (χ0v) is 11.6. The molecule has 2 heteroatoms.